The zero-order valence-corrected chi connectivity index (χ0v) is 10.8. The van der Waals surface area contributed by atoms with Crippen LogP contribution in [-0.2, 0) is 0 Å². The van der Waals surface area contributed by atoms with Gasteiger partial charge in [0.25, 0.3) is 0 Å². The number of benzene rings is 1. The number of hydrogen-bond acceptors (Lipinski definition) is 3. The molecule has 0 aliphatic heterocycles. The molecule has 0 atom stereocenters. The monoisotopic (exact) mass is 260 g/mol. The molecule has 0 radical (unpaired) electrons. The van der Waals surface area contributed by atoms with Crippen molar-refractivity contribution in [3.8, 4) is 0 Å². The zero-order chi connectivity index (χ0) is 13.0. The quantitative estimate of drug-likeness (QED) is 0.801. The van der Waals surface area contributed by atoms with Crippen molar-refractivity contribution >= 4 is 23.0 Å². The van der Waals surface area contributed by atoms with Gasteiger partial charge in [0.05, 0.1) is 16.4 Å². The fraction of sp³-hybridized carbons (Fsp3) is 0.500. The lowest BCUT2D eigenvalue weighted by molar-refractivity contribution is 0.288. The maximum absolute atomic E-state index is 13.4. The number of nitrogen functional groups attached to an aromatic ring is 1. The summed E-state index contributed by atoms with van der Waals surface area (Å²) < 4.78 is 13.4. The lowest BCUT2D eigenvalue weighted by Gasteiger charge is -2.30. The zero-order valence-electron chi connectivity index (χ0n) is 10.1. The van der Waals surface area contributed by atoms with E-state index in [1.54, 1.807) is 0 Å². The Morgan fingerprint density at radius 1 is 1.47 bits per heavy atom. The summed E-state index contributed by atoms with van der Waals surface area (Å²) in [5.74, 6) is -0.481. The fourth-order valence-electron chi connectivity index (χ4n) is 1.70. The van der Waals surface area contributed by atoms with E-state index >= 15 is 0 Å². The highest BCUT2D eigenvalue weighted by Crippen LogP contribution is 2.30. The van der Waals surface area contributed by atoms with Crippen molar-refractivity contribution < 1.29 is 9.50 Å². The predicted octanol–water partition coefficient (Wildman–Crippen LogP) is 2.66. The molecule has 1 rings (SSSR count). The molecule has 0 aliphatic rings. The molecular weight excluding hydrogens is 243 g/mol. The normalized spacial score (nSPS) is 10.9. The van der Waals surface area contributed by atoms with Gasteiger partial charge in [0.15, 0.2) is 0 Å². The van der Waals surface area contributed by atoms with Crippen LogP contribution in [0.1, 0.15) is 20.3 Å². The smallest absolute Gasteiger partial charge is 0.144 e. The molecule has 5 heteroatoms. The molecule has 0 aliphatic carbocycles. The summed E-state index contributed by atoms with van der Waals surface area (Å²) in [5.41, 5.74) is 6.91. The first-order chi connectivity index (χ1) is 7.97. The van der Waals surface area contributed by atoms with Crippen LogP contribution in [0, 0.1) is 5.82 Å². The first-order valence-electron chi connectivity index (χ1n) is 5.59. The van der Waals surface area contributed by atoms with E-state index in [2.05, 4.69) is 0 Å². The SMILES string of the molecule is CC(C)N(CCCO)c1cc(F)c(Cl)cc1N. The molecule has 1 aromatic carbocycles. The molecular formula is C12H18ClFN2O. The minimum absolute atomic E-state index is 0.0251. The number of aliphatic hydroxyl groups excluding tert-OH is 1. The van der Waals surface area contributed by atoms with Gasteiger partial charge < -0.3 is 15.7 Å². The standard InChI is InChI=1S/C12H18ClFN2O/c1-8(2)16(4-3-5-17)12-7-10(14)9(13)6-11(12)15/h6-8,17H,3-5,15H2,1-2H3. The fourth-order valence-corrected chi connectivity index (χ4v) is 1.87. The van der Waals surface area contributed by atoms with Gasteiger partial charge in [-0.25, -0.2) is 4.39 Å². The largest absolute Gasteiger partial charge is 0.397 e. The number of rotatable bonds is 5. The second-order valence-electron chi connectivity index (χ2n) is 4.19. The number of halogens is 2. The van der Waals surface area contributed by atoms with Crippen LogP contribution in [-0.4, -0.2) is 24.3 Å². The van der Waals surface area contributed by atoms with E-state index in [4.69, 9.17) is 22.4 Å². The average Bonchev–Trinajstić information content (AvgIpc) is 2.25. The summed E-state index contributed by atoms with van der Waals surface area (Å²) in [4.78, 5) is 1.95. The lowest BCUT2D eigenvalue weighted by atomic mass is 10.2. The molecule has 0 spiro atoms. The van der Waals surface area contributed by atoms with Crippen molar-refractivity contribution in [2.45, 2.75) is 26.3 Å². The first kappa shape index (κ1) is 14.1. The van der Waals surface area contributed by atoms with E-state index in [1.165, 1.54) is 12.1 Å². The van der Waals surface area contributed by atoms with E-state index in [0.29, 0.717) is 24.3 Å². The average molecular weight is 261 g/mol. The Morgan fingerprint density at radius 2 is 2.12 bits per heavy atom. The van der Waals surface area contributed by atoms with E-state index in [-0.39, 0.29) is 17.7 Å². The summed E-state index contributed by atoms with van der Waals surface area (Å²) in [6.45, 7) is 4.70. The van der Waals surface area contributed by atoms with Crippen LogP contribution in [0.15, 0.2) is 12.1 Å². The predicted molar refractivity (Wildman–Crippen MR) is 70.0 cm³/mol. The molecule has 0 bridgehead atoms. The van der Waals surface area contributed by atoms with Crippen molar-refractivity contribution in [2.24, 2.45) is 0 Å². The Hall–Kier alpha value is -1.00. The molecule has 3 N–H and O–H groups in total. The number of nitrogens with zero attached hydrogens (tertiary/aromatic N) is 1. The Bertz CT molecular complexity index is 385. The van der Waals surface area contributed by atoms with Gasteiger partial charge in [-0.05, 0) is 26.3 Å². The van der Waals surface area contributed by atoms with Crippen LogP contribution < -0.4 is 10.6 Å². The van der Waals surface area contributed by atoms with Gasteiger partial charge in [-0.2, -0.15) is 0 Å². The van der Waals surface area contributed by atoms with Gasteiger partial charge in [0.1, 0.15) is 5.82 Å². The molecule has 0 aromatic heterocycles. The maximum atomic E-state index is 13.4. The molecule has 17 heavy (non-hydrogen) atoms. The van der Waals surface area contributed by atoms with Crippen LogP contribution in [0.25, 0.3) is 0 Å². The molecule has 0 fully saturated rings. The van der Waals surface area contributed by atoms with Gasteiger partial charge in [-0.1, -0.05) is 11.6 Å². The maximum Gasteiger partial charge on any atom is 0.144 e. The summed E-state index contributed by atoms with van der Waals surface area (Å²) in [5, 5.41) is 8.88. The molecule has 0 heterocycles. The molecule has 0 amide bonds. The summed E-state index contributed by atoms with van der Waals surface area (Å²) in [6, 6.07) is 2.93. The van der Waals surface area contributed by atoms with Gasteiger partial charge in [0.2, 0.25) is 0 Å². The third-order valence-electron chi connectivity index (χ3n) is 2.56. The van der Waals surface area contributed by atoms with Gasteiger partial charge >= 0.3 is 0 Å². The third kappa shape index (κ3) is 3.48. The highest BCUT2D eigenvalue weighted by molar-refractivity contribution is 6.31. The van der Waals surface area contributed by atoms with Gasteiger partial charge in [-0.15, -0.1) is 0 Å². The highest BCUT2D eigenvalue weighted by Gasteiger charge is 2.15. The number of hydrogen-bond donors (Lipinski definition) is 2. The molecule has 1 aromatic rings. The second kappa shape index (κ2) is 6.07. The summed E-state index contributed by atoms with van der Waals surface area (Å²) >= 11 is 5.66. The van der Waals surface area contributed by atoms with E-state index < -0.39 is 5.82 Å². The first-order valence-corrected chi connectivity index (χ1v) is 5.97. The third-order valence-corrected chi connectivity index (χ3v) is 2.85. The van der Waals surface area contributed by atoms with Crippen molar-refractivity contribution in [1.29, 1.82) is 0 Å². The van der Waals surface area contributed by atoms with Crippen molar-refractivity contribution in [3.05, 3.63) is 23.0 Å². The Labute approximate surface area is 106 Å². The Kier molecular flexibility index (Phi) is 5.02. The number of anilines is 2. The van der Waals surface area contributed by atoms with E-state index in [0.717, 1.165) is 0 Å². The Morgan fingerprint density at radius 3 is 2.65 bits per heavy atom. The summed E-state index contributed by atoms with van der Waals surface area (Å²) in [6.07, 6.45) is 0.613. The minimum Gasteiger partial charge on any atom is -0.397 e. The van der Waals surface area contributed by atoms with Gasteiger partial charge in [-0.3, -0.25) is 0 Å². The van der Waals surface area contributed by atoms with E-state index in [9.17, 15) is 4.39 Å². The lowest BCUT2D eigenvalue weighted by Crippen LogP contribution is -2.33. The molecule has 3 nitrogen and oxygen atoms in total. The minimum atomic E-state index is -0.481. The van der Waals surface area contributed by atoms with Crippen molar-refractivity contribution in [1.82, 2.24) is 0 Å². The summed E-state index contributed by atoms with van der Waals surface area (Å²) in [7, 11) is 0. The molecule has 0 saturated heterocycles. The van der Waals surface area contributed by atoms with Crippen molar-refractivity contribution in [2.75, 3.05) is 23.8 Å². The van der Waals surface area contributed by atoms with Crippen molar-refractivity contribution in [3.63, 3.8) is 0 Å². The molecule has 0 unspecified atom stereocenters. The Balaban J connectivity index is 3.05. The van der Waals surface area contributed by atoms with Crippen LogP contribution in [0.4, 0.5) is 15.8 Å². The number of aliphatic hydroxyl groups is 1. The van der Waals surface area contributed by atoms with Crippen LogP contribution in [0.2, 0.25) is 5.02 Å². The van der Waals surface area contributed by atoms with Crippen LogP contribution in [0.5, 0.6) is 0 Å². The van der Waals surface area contributed by atoms with Crippen LogP contribution >= 0.6 is 11.6 Å². The second-order valence-corrected chi connectivity index (χ2v) is 4.60. The molecule has 96 valence electrons. The molecule has 0 saturated carbocycles. The van der Waals surface area contributed by atoms with E-state index in [1.807, 2.05) is 18.7 Å². The van der Waals surface area contributed by atoms with Gasteiger partial charge in [0, 0.05) is 25.3 Å². The number of nitrogens with two attached hydrogens (primary N) is 1. The van der Waals surface area contributed by atoms with Crippen LogP contribution in [0.3, 0.4) is 0 Å². The topological polar surface area (TPSA) is 49.5 Å². The highest BCUT2D eigenvalue weighted by atomic mass is 35.5.